The molecule has 2 aliphatic carbocycles. The van der Waals surface area contributed by atoms with Crippen LogP contribution < -0.4 is 0 Å². The quantitative estimate of drug-likeness (QED) is 0.430. The van der Waals surface area contributed by atoms with E-state index in [9.17, 15) is 9.59 Å². The maximum absolute atomic E-state index is 12.1. The number of hydrogen-bond acceptors (Lipinski definition) is 3. The molecule has 1 heterocycles. The topological polar surface area (TPSA) is 46.7 Å². The highest BCUT2D eigenvalue weighted by atomic mass is 16.6. The number of fused-ring (bicyclic) bond motifs is 3. The second-order valence-electron chi connectivity index (χ2n) is 9.22. The minimum Gasteiger partial charge on any atom is -0.357 e. The van der Waals surface area contributed by atoms with Crippen molar-refractivity contribution in [1.82, 2.24) is 0 Å². The summed E-state index contributed by atoms with van der Waals surface area (Å²) in [7, 11) is 0. The smallest absolute Gasteiger partial charge is 0.156 e. The van der Waals surface area contributed by atoms with E-state index in [4.69, 9.17) is 4.74 Å². The van der Waals surface area contributed by atoms with Gasteiger partial charge >= 0.3 is 0 Å². The van der Waals surface area contributed by atoms with E-state index in [1.54, 1.807) is 0 Å². The number of carbonyl (C=O) groups is 2. The van der Waals surface area contributed by atoms with Crippen LogP contribution in [0.25, 0.3) is 0 Å². The molecule has 134 valence electrons. The van der Waals surface area contributed by atoms with Crippen LogP contribution in [0.5, 0.6) is 0 Å². The molecule has 3 unspecified atom stereocenters. The van der Waals surface area contributed by atoms with Crippen LogP contribution in [0, 0.1) is 34.5 Å². The summed E-state index contributed by atoms with van der Waals surface area (Å²) in [5.74, 6) is 1.22. The molecule has 0 aromatic carbocycles. The molecule has 0 N–H and O–H groups in total. The Balaban J connectivity index is 2.03. The van der Waals surface area contributed by atoms with Crippen LogP contribution in [0.3, 0.4) is 0 Å². The summed E-state index contributed by atoms with van der Waals surface area (Å²) >= 11 is 0. The highest BCUT2D eigenvalue weighted by Gasteiger charge is 2.77. The van der Waals surface area contributed by atoms with Gasteiger partial charge in [-0.3, -0.25) is 4.79 Å². The molecular formula is C21H32O3. The Bertz CT molecular complexity index is 551. The molecule has 3 rings (SSSR count). The summed E-state index contributed by atoms with van der Waals surface area (Å²) in [5, 5.41) is 0. The van der Waals surface area contributed by atoms with Gasteiger partial charge in [-0.05, 0) is 48.9 Å². The molecule has 7 atom stereocenters. The summed E-state index contributed by atoms with van der Waals surface area (Å²) in [4.78, 5) is 23.3. The van der Waals surface area contributed by atoms with Gasteiger partial charge < -0.3 is 9.53 Å². The SMILES string of the molecule is CCC(C=O)C=C[C@H]1[C@@H](C)CC[C@H]2C(C)(C)CC3OC3(C=O)[C@]12C. The number of epoxide rings is 1. The first-order valence-electron chi connectivity index (χ1n) is 9.54. The van der Waals surface area contributed by atoms with Crippen LogP contribution in [0.4, 0.5) is 0 Å². The van der Waals surface area contributed by atoms with E-state index in [2.05, 4.69) is 39.8 Å². The third-order valence-electron chi connectivity index (χ3n) is 7.58. The molecule has 1 aliphatic heterocycles. The third kappa shape index (κ3) is 2.27. The Morgan fingerprint density at radius 3 is 2.50 bits per heavy atom. The van der Waals surface area contributed by atoms with Crippen molar-refractivity contribution in [2.24, 2.45) is 34.5 Å². The Morgan fingerprint density at radius 1 is 1.21 bits per heavy atom. The average Bonchev–Trinajstić information content (AvgIpc) is 3.24. The maximum Gasteiger partial charge on any atom is 0.156 e. The van der Waals surface area contributed by atoms with Gasteiger partial charge in [-0.2, -0.15) is 0 Å². The molecule has 3 heteroatoms. The lowest BCUT2D eigenvalue weighted by Crippen LogP contribution is -2.60. The van der Waals surface area contributed by atoms with E-state index in [1.165, 1.54) is 6.42 Å². The van der Waals surface area contributed by atoms with Crippen LogP contribution in [0.2, 0.25) is 0 Å². The monoisotopic (exact) mass is 332 g/mol. The Labute approximate surface area is 146 Å². The molecular weight excluding hydrogens is 300 g/mol. The summed E-state index contributed by atoms with van der Waals surface area (Å²) in [6, 6.07) is 0. The fraction of sp³-hybridized carbons (Fsp3) is 0.810. The lowest BCUT2D eigenvalue weighted by Gasteiger charge is -2.59. The molecule has 2 saturated carbocycles. The lowest BCUT2D eigenvalue weighted by molar-refractivity contribution is -0.135. The molecule has 0 amide bonds. The second kappa shape index (κ2) is 5.79. The molecule has 0 aromatic heterocycles. The molecule has 0 radical (unpaired) electrons. The zero-order valence-electron chi connectivity index (χ0n) is 15.7. The van der Waals surface area contributed by atoms with Crippen LogP contribution in [0.15, 0.2) is 12.2 Å². The van der Waals surface area contributed by atoms with Crippen molar-refractivity contribution in [3.05, 3.63) is 12.2 Å². The number of hydrogen-bond donors (Lipinski definition) is 0. The first-order chi connectivity index (χ1) is 11.3. The normalized spacial score (nSPS) is 47.5. The van der Waals surface area contributed by atoms with E-state index >= 15 is 0 Å². The zero-order chi connectivity index (χ0) is 17.8. The maximum atomic E-state index is 12.1. The van der Waals surface area contributed by atoms with Crippen molar-refractivity contribution in [2.75, 3.05) is 0 Å². The van der Waals surface area contributed by atoms with Crippen molar-refractivity contribution < 1.29 is 14.3 Å². The van der Waals surface area contributed by atoms with Crippen LogP contribution in [-0.4, -0.2) is 24.3 Å². The van der Waals surface area contributed by atoms with Gasteiger partial charge in [-0.1, -0.05) is 46.8 Å². The van der Waals surface area contributed by atoms with Crippen LogP contribution >= 0.6 is 0 Å². The van der Waals surface area contributed by atoms with E-state index in [0.29, 0.717) is 11.8 Å². The largest absolute Gasteiger partial charge is 0.357 e. The molecule has 1 saturated heterocycles. The first kappa shape index (κ1) is 17.8. The Kier molecular flexibility index (Phi) is 4.31. The Hall–Kier alpha value is -0.960. The highest BCUT2D eigenvalue weighted by Crippen LogP contribution is 2.71. The lowest BCUT2D eigenvalue weighted by atomic mass is 9.43. The number of carbonyl (C=O) groups excluding carboxylic acids is 2. The van der Waals surface area contributed by atoms with Crippen molar-refractivity contribution in [2.45, 2.75) is 72.0 Å². The van der Waals surface area contributed by atoms with E-state index in [0.717, 1.165) is 31.8 Å². The second-order valence-corrected chi connectivity index (χ2v) is 9.22. The number of rotatable bonds is 5. The van der Waals surface area contributed by atoms with Crippen molar-refractivity contribution in [3.8, 4) is 0 Å². The summed E-state index contributed by atoms with van der Waals surface area (Å²) in [6.45, 7) is 11.3. The van der Waals surface area contributed by atoms with E-state index < -0.39 is 5.60 Å². The van der Waals surface area contributed by atoms with Crippen LogP contribution in [0.1, 0.15) is 60.3 Å². The third-order valence-corrected chi connectivity index (χ3v) is 7.58. The van der Waals surface area contributed by atoms with Gasteiger partial charge in [0.05, 0.1) is 6.10 Å². The first-order valence-corrected chi connectivity index (χ1v) is 9.54. The van der Waals surface area contributed by atoms with Gasteiger partial charge in [0.1, 0.15) is 6.29 Å². The van der Waals surface area contributed by atoms with Crippen molar-refractivity contribution in [1.29, 1.82) is 0 Å². The molecule has 0 aromatic rings. The van der Waals surface area contributed by atoms with E-state index in [1.807, 2.05) is 6.92 Å². The van der Waals surface area contributed by atoms with Gasteiger partial charge in [0, 0.05) is 11.3 Å². The summed E-state index contributed by atoms with van der Waals surface area (Å²) < 4.78 is 6.09. The molecule has 24 heavy (non-hydrogen) atoms. The van der Waals surface area contributed by atoms with Crippen molar-refractivity contribution in [3.63, 3.8) is 0 Å². The molecule has 3 fully saturated rings. The van der Waals surface area contributed by atoms with Gasteiger partial charge in [0.15, 0.2) is 11.9 Å². The molecule has 0 spiro atoms. The number of allylic oxidation sites excluding steroid dienone is 2. The van der Waals surface area contributed by atoms with Gasteiger partial charge in [0.2, 0.25) is 0 Å². The molecule has 3 aliphatic rings. The predicted octanol–water partition coefficient (Wildman–Crippen LogP) is 4.20. The summed E-state index contributed by atoms with van der Waals surface area (Å²) in [5.41, 5.74) is -0.611. The Morgan fingerprint density at radius 2 is 1.92 bits per heavy atom. The van der Waals surface area contributed by atoms with Gasteiger partial charge in [-0.15, -0.1) is 0 Å². The van der Waals surface area contributed by atoms with Gasteiger partial charge in [-0.25, -0.2) is 0 Å². The van der Waals surface area contributed by atoms with Crippen molar-refractivity contribution >= 4 is 12.6 Å². The number of ether oxygens (including phenoxy) is 1. The minimum absolute atomic E-state index is 0.0270. The zero-order valence-corrected chi connectivity index (χ0v) is 15.7. The fourth-order valence-corrected chi connectivity index (χ4v) is 6.12. The van der Waals surface area contributed by atoms with Crippen LogP contribution in [-0.2, 0) is 14.3 Å². The van der Waals surface area contributed by atoms with Gasteiger partial charge in [0.25, 0.3) is 0 Å². The average molecular weight is 332 g/mol. The minimum atomic E-state index is -0.611. The van der Waals surface area contributed by atoms with E-state index in [-0.39, 0.29) is 28.8 Å². The standard InChI is InChI=1S/C21H32O3/c1-6-15(12-22)8-9-16-14(2)7-10-17-19(3,4)11-18-21(13-23,24-18)20(16,17)5/h8-9,12-18H,6-7,10-11H2,1-5H3/t14-,15?,16-,17-,18?,20+,21?/m0/s1. The fourth-order valence-electron chi connectivity index (χ4n) is 6.12. The molecule has 0 bridgehead atoms. The summed E-state index contributed by atoms with van der Waals surface area (Å²) in [6.07, 6.45) is 10.6. The predicted molar refractivity (Wildman–Crippen MR) is 94.5 cm³/mol. The number of aldehydes is 2. The molecule has 3 nitrogen and oxygen atoms in total. The highest BCUT2D eigenvalue weighted by molar-refractivity contribution is 5.71.